The fourth-order valence-electron chi connectivity index (χ4n) is 1.93. The van der Waals surface area contributed by atoms with Gasteiger partial charge in [0, 0.05) is 23.9 Å². The van der Waals surface area contributed by atoms with Crippen molar-refractivity contribution in [3.8, 4) is 5.75 Å². The molecule has 1 aliphatic heterocycles. The molecule has 2 rings (SSSR count). The summed E-state index contributed by atoms with van der Waals surface area (Å²) in [5, 5.41) is 3.36. The standard InChI is InChI=1S/C11H15BrN2O/c1-15-11-6-10(14-7-9(11)12)8-2-4-13-5-3-8/h6-8,13H,2-5H2,1H3. The van der Waals surface area contributed by atoms with Crippen molar-refractivity contribution in [3.05, 3.63) is 22.4 Å². The third-order valence-electron chi connectivity index (χ3n) is 2.82. The number of aromatic nitrogens is 1. The van der Waals surface area contributed by atoms with Crippen molar-refractivity contribution < 1.29 is 4.74 Å². The van der Waals surface area contributed by atoms with Crippen LogP contribution >= 0.6 is 15.9 Å². The molecule has 15 heavy (non-hydrogen) atoms. The van der Waals surface area contributed by atoms with Crippen LogP contribution < -0.4 is 10.1 Å². The lowest BCUT2D eigenvalue weighted by atomic mass is 9.94. The fraction of sp³-hybridized carbons (Fsp3) is 0.545. The van der Waals surface area contributed by atoms with E-state index in [1.165, 1.54) is 0 Å². The normalized spacial score (nSPS) is 17.7. The second-order valence-corrected chi connectivity index (χ2v) is 4.62. The van der Waals surface area contributed by atoms with Crippen molar-refractivity contribution >= 4 is 15.9 Å². The van der Waals surface area contributed by atoms with Crippen LogP contribution in [-0.2, 0) is 0 Å². The van der Waals surface area contributed by atoms with E-state index >= 15 is 0 Å². The average Bonchev–Trinajstić information content (AvgIpc) is 2.31. The molecule has 0 spiro atoms. The summed E-state index contributed by atoms with van der Waals surface area (Å²) < 4.78 is 6.19. The first-order valence-corrected chi connectivity index (χ1v) is 6.00. The van der Waals surface area contributed by atoms with Crippen LogP contribution in [0.1, 0.15) is 24.5 Å². The molecule has 1 aliphatic rings. The Labute approximate surface area is 98.4 Å². The molecule has 0 aromatic carbocycles. The number of ether oxygens (including phenoxy) is 1. The molecule has 0 bridgehead atoms. The largest absolute Gasteiger partial charge is 0.495 e. The van der Waals surface area contributed by atoms with E-state index in [2.05, 4.69) is 26.2 Å². The van der Waals surface area contributed by atoms with Gasteiger partial charge in [0.05, 0.1) is 11.6 Å². The Balaban J connectivity index is 2.20. The van der Waals surface area contributed by atoms with Crippen molar-refractivity contribution in [2.75, 3.05) is 20.2 Å². The zero-order valence-electron chi connectivity index (χ0n) is 8.79. The monoisotopic (exact) mass is 270 g/mol. The molecule has 0 unspecified atom stereocenters. The van der Waals surface area contributed by atoms with Gasteiger partial charge in [-0.1, -0.05) is 0 Å². The Morgan fingerprint density at radius 2 is 2.20 bits per heavy atom. The average molecular weight is 271 g/mol. The molecule has 1 saturated heterocycles. The minimum absolute atomic E-state index is 0.577. The van der Waals surface area contributed by atoms with Gasteiger partial charge >= 0.3 is 0 Å². The summed E-state index contributed by atoms with van der Waals surface area (Å²) in [5.41, 5.74) is 1.15. The van der Waals surface area contributed by atoms with Crippen molar-refractivity contribution in [1.82, 2.24) is 10.3 Å². The number of rotatable bonds is 2. The van der Waals surface area contributed by atoms with E-state index < -0.39 is 0 Å². The van der Waals surface area contributed by atoms with Crippen molar-refractivity contribution in [2.45, 2.75) is 18.8 Å². The molecule has 82 valence electrons. The third kappa shape index (κ3) is 2.49. The van der Waals surface area contributed by atoms with Crippen LogP contribution in [0.15, 0.2) is 16.7 Å². The Kier molecular flexibility index (Phi) is 3.59. The van der Waals surface area contributed by atoms with Gasteiger partial charge in [0.25, 0.3) is 0 Å². The molecule has 4 heteroatoms. The summed E-state index contributed by atoms with van der Waals surface area (Å²) in [7, 11) is 1.69. The maximum absolute atomic E-state index is 5.27. The fourth-order valence-corrected chi connectivity index (χ4v) is 2.31. The predicted octanol–water partition coefficient (Wildman–Crippen LogP) is 2.32. The van der Waals surface area contributed by atoms with Crippen LogP contribution in [0.4, 0.5) is 0 Å². The Bertz CT molecular complexity index is 337. The summed E-state index contributed by atoms with van der Waals surface area (Å²) in [4.78, 5) is 4.46. The quantitative estimate of drug-likeness (QED) is 0.896. The van der Waals surface area contributed by atoms with E-state index in [1.807, 2.05) is 12.3 Å². The molecule has 1 fully saturated rings. The zero-order valence-corrected chi connectivity index (χ0v) is 10.4. The van der Waals surface area contributed by atoms with Crippen LogP contribution in [0, 0.1) is 0 Å². The minimum Gasteiger partial charge on any atom is -0.495 e. The van der Waals surface area contributed by atoms with Gasteiger partial charge in [-0.15, -0.1) is 0 Å². The molecule has 1 aromatic heterocycles. The third-order valence-corrected chi connectivity index (χ3v) is 3.41. The Morgan fingerprint density at radius 3 is 2.87 bits per heavy atom. The highest BCUT2D eigenvalue weighted by atomic mass is 79.9. The number of nitrogens with zero attached hydrogens (tertiary/aromatic N) is 1. The SMILES string of the molecule is COc1cc(C2CCNCC2)ncc1Br. The maximum Gasteiger partial charge on any atom is 0.136 e. The first-order valence-electron chi connectivity index (χ1n) is 5.21. The van der Waals surface area contributed by atoms with Gasteiger partial charge in [-0.25, -0.2) is 0 Å². The van der Waals surface area contributed by atoms with Crippen LogP contribution in [0.5, 0.6) is 5.75 Å². The van der Waals surface area contributed by atoms with E-state index in [1.54, 1.807) is 7.11 Å². The first-order chi connectivity index (χ1) is 7.31. The number of halogens is 1. The molecule has 0 saturated carbocycles. The van der Waals surface area contributed by atoms with Crippen LogP contribution in [0.2, 0.25) is 0 Å². The highest BCUT2D eigenvalue weighted by molar-refractivity contribution is 9.10. The molecule has 2 heterocycles. The molecule has 1 N–H and O–H groups in total. The minimum atomic E-state index is 0.577. The van der Waals surface area contributed by atoms with E-state index in [9.17, 15) is 0 Å². The van der Waals surface area contributed by atoms with E-state index in [0.717, 1.165) is 41.8 Å². The summed E-state index contributed by atoms with van der Waals surface area (Å²) in [5.74, 6) is 1.45. The van der Waals surface area contributed by atoms with Gasteiger partial charge < -0.3 is 10.1 Å². The maximum atomic E-state index is 5.27. The highest BCUT2D eigenvalue weighted by Gasteiger charge is 2.17. The lowest BCUT2D eigenvalue weighted by Crippen LogP contribution is -2.27. The second kappa shape index (κ2) is 4.94. The Hall–Kier alpha value is -0.610. The van der Waals surface area contributed by atoms with Gasteiger partial charge in [0.15, 0.2) is 0 Å². The molecule has 0 atom stereocenters. The first kappa shape index (κ1) is 10.9. The summed E-state index contributed by atoms with van der Waals surface area (Å²) in [6.45, 7) is 2.18. The van der Waals surface area contributed by atoms with E-state index in [4.69, 9.17) is 4.74 Å². The number of nitrogens with one attached hydrogen (secondary N) is 1. The van der Waals surface area contributed by atoms with Gasteiger partial charge in [-0.3, -0.25) is 4.98 Å². The topological polar surface area (TPSA) is 34.1 Å². The van der Waals surface area contributed by atoms with Crippen molar-refractivity contribution in [1.29, 1.82) is 0 Å². The van der Waals surface area contributed by atoms with Gasteiger partial charge in [-0.2, -0.15) is 0 Å². The number of hydrogen-bond acceptors (Lipinski definition) is 3. The van der Waals surface area contributed by atoms with Gasteiger partial charge in [0.1, 0.15) is 5.75 Å². The zero-order chi connectivity index (χ0) is 10.7. The van der Waals surface area contributed by atoms with Gasteiger partial charge in [0.2, 0.25) is 0 Å². The number of hydrogen-bond donors (Lipinski definition) is 1. The smallest absolute Gasteiger partial charge is 0.136 e. The molecule has 0 radical (unpaired) electrons. The molecule has 3 nitrogen and oxygen atoms in total. The highest BCUT2D eigenvalue weighted by Crippen LogP contribution is 2.30. The van der Waals surface area contributed by atoms with E-state index in [0.29, 0.717) is 5.92 Å². The molecular formula is C11H15BrN2O. The summed E-state index contributed by atoms with van der Waals surface area (Å²) in [6.07, 6.45) is 4.16. The lowest BCUT2D eigenvalue weighted by molar-refractivity contribution is 0.406. The Morgan fingerprint density at radius 1 is 1.47 bits per heavy atom. The molecule has 0 aliphatic carbocycles. The van der Waals surface area contributed by atoms with Crippen molar-refractivity contribution in [2.24, 2.45) is 0 Å². The number of piperidine rings is 1. The van der Waals surface area contributed by atoms with Crippen LogP contribution in [-0.4, -0.2) is 25.2 Å². The molecule has 1 aromatic rings. The van der Waals surface area contributed by atoms with Crippen LogP contribution in [0.25, 0.3) is 0 Å². The van der Waals surface area contributed by atoms with Crippen molar-refractivity contribution in [3.63, 3.8) is 0 Å². The number of pyridine rings is 1. The summed E-state index contributed by atoms with van der Waals surface area (Å²) in [6, 6.07) is 2.04. The second-order valence-electron chi connectivity index (χ2n) is 3.77. The number of methoxy groups -OCH3 is 1. The molecule has 0 amide bonds. The lowest BCUT2D eigenvalue weighted by Gasteiger charge is -2.22. The van der Waals surface area contributed by atoms with E-state index in [-0.39, 0.29) is 0 Å². The summed E-state index contributed by atoms with van der Waals surface area (Å²) >= 11 is 3.41. The molecular weight excluding hydrogens is 256 g/mol. The van der Waals surface area contributed by atoms with Gasteiger partial charge in [-0.05, 0) is 41.9 Å². The van der Waals surface area contributed by atoms with Crippen LogP contribution in [0.3, 0.4) is 0 Å². The predicted molar refractivity (Wildman–Crippen MR) is 63.3 cm³/mol.